The van der Waals surface area contributed by atoms with Gasteiger partial charge in [-0.2, -0.15) is 0 Å². The topological polar surface area (TPSA) is 0 Å². The van der Waals surface area contributed by atoms with E-state index in [4.69, 9.17) is 0 Å². The normalized spacial score (nSPS) is 23.9. The molecule has 0 bridgehead atoms. The van der Waals surface area contributed by atoms with Crippen LogP contribution in [-0.2, 0) is 0 Å². The Labute approximate surface area is 77.0 Å². The van der Waals surface area contributed by atoms with Crippen LogP contribution >= 0.6 is 31.8 Å². The van der Waals surface area contributed by atoms with E-state index in [-0.39, 0.29) is 5.16 Å². The lowest BCUT2D eigenvalue weighted by Crippen LogP contribution is -2.08. The summed E-state index contributed by atoms with van der Waals surface area (Å²) in [6, 6.07) is 0. The third-order valence-electron chi connectivity index (χ3n) is 1.82. The molecule has 0 aromatic carbocycles. The van der Waals surface area contributed by atoms with Crippen LogP contribution < -0.4 is 0 Å². The predicted octanol–water partition coefficient (Wildman–Crippen LogP) is 3.07. The second-order valence-corrected chi connectivity index (χ2v) is 5.59. The molecule has 0 saturated heterocycles. The van der Waals surface area contributed by atoms with E-state index in [2.05, 4.69) is 15.8 Å². The zero-order valence-corrected chi connectivity index (χ0v) is 9.05. The highest BCUT2D eigenvalue weighted by atomic mass is 127. The molecule has 0 aromatic rings. The van der Waals surface area contributed by atoms with E-state index >= 15 is 0 Å². The summed E-state index contributed by atoms with van der Waals surface area (Å²) in [6.45, 7) is 3.57. The van der Waals surface area contributed by atoms with E-state index in [1.54, 1.807) is 0 Å². The molecule has 2 unspecified atom stereocenters. The van der Waals surface area contributed by atoms with Crippen molar-refractivity contribution in [3.05, 3.63) is 10.2 Å². The first-order chi connectivity index (χ1) is 4.53. The molecule has 1 fully saturated rings. The lowest BCUT2D eigenvalue weighted by atomic mass is 10.2. The van der Waals surface area contributed by atoms with Gasteiger partial charge < -0.3 is 0 Å². The number of rotatable bonds is 3. The highest BCUT2D eigenvalue weighted by molar-refractivity contribution is 14.1. The van der Waals surface area contributed by atoms with Crippen molar-refractivity contribution >= 4 is 31.8 Å². The summed E-state index contributed by atoms with van der Waals surface area (Å²) in [5.74, 6) is 0. The van der Waals surface area contributed by atoms with Gasteiger partial charge in [-0.15, -0.1) is 9.24 Å². The quantitative estimate of drug-likeness (QED) is 0.547. The van der Waals surface area contributed by atoms with Crippen LogP contribution in [0.25, 0.3) is 0 Å². The molecule has 58 valence electrons. The van der Waals surface area contributed by atoms with Crippen molar-refractivity contribution in [3.8, 4) is 0 Å². The standard InChI is InChI=1S/C7H11FIP/c1-5(9)6(8)4-7(10)2-3-7/h6H,1-4,10H2. The molecule has 0 amide bonds. The molecule has 1 aliphatic rings. The summed E-state index contributed by atoms with van der Waals surface area (Å²) in [7, 11) is 2.73. The van der Waals surface area contributed by atoms with Gasteiger partial charge in [0.15, 0.2) is 0 Å². The molecule has 10 heavy (non-hydrogen) atoms. The first kappa shape index (κ1) is 8.92. The van der Waals surface area contributed by atoms with Crippen molar-refractivity contribution in [3.63, 3.8) is 0 Å². The molecule has 0 N–H and O–H groups in total. The van der Waals surface area contributed by atoms with Gasteiger partial charge in [-0.25, -0.2) is 4.39 Å². The number of alkyl halides is 1. The molecular formula is C7H11FIP. The summed E-state index contributed by atoms with van der Waals surface area (Å²) < 4.78 is 13.6. The second kappa shape index (κ2) is 3.06. The Morgan fingerprint density at radius 2 is 2.30 bits per heavy atom. The highest BCUT2D eigenvalue weighted by Crippen LogP contribution is 2.49. The van der Waals surface area contributed by atoms with Crippen molar-refractivity contribution in [2.75, 3.05) is 0 Å². The maximum absolute atomic E-state index is 12.9. The Bertz CT molecular complexity index is 154. The minimum absolute atomic E-state index is 0.230. The molecule has 1 saturated carbocycles. The highest BCUT2D eigenvalue weighted by Gasteiger charge is 2.39. The molecule has 1 aliphatic carbocycles. The minimum atomic E-state index is -0.805. The van der Waals surface area contributed by atoms with Gasteiger partial charge in [0.25, 0.3) is 0 Å². The molecule has 0 nitrogen and oxygen atoms in total. The van der Waals surface area contributed by atoms with Crippen molar-refractivity contribution in [1.29, 1.82) is 0 Å². The molecule has 0 spiro atoms. The van der Waals surface area contributed by atoms with Crippen LogP contribution in [0, 0.1) is 0 Å². The first-order valence-corrected chi connectivity index (χ1v) is 4.96. The summed E-state index contributed by atoms with van der Waals surface area (Å²) in [4.78, 5) is 0. The van der Waals surface area contributed by atoms with Crippen LogP contribution in [0.4, 0.5) is 4.39 Å². The van der Waals surface area contributed by atoms with Crippen LogP contribution in [0.5, 0.6) is 0 Å². The largest absolute Gasteiger partial charge is 0.242 e. The van der Waals surface area contributed by atoms with Gasteiger partial charge in [0.2, 0.25) is 0 Å². The van der Waals surface area contributed by atoms with E-state index in [9.17, 15) is 4.39 Å². The first-order valence-electron chi connectivity index (χ1n) is 3.31. The number of hydrogen-bond acceptors (Lipinski definition) is 0. The fraction of sp³-hybridized carbons (Fsp3) is 0.714. The Morgan fingerprint density at radius 3 is 2.60 bits per heavy atom. The summed E-state index contributed by atoms with van der Waals surface area (Å²) in [5, 5.41) is 0.230. The lowest BCUT2D eigenvalue weighted by molar-refractivity contribution is 0.369. The summed E-state index contributed by atoms with van der Waals surface area (Å²) in [5.41, 5.74) is 0. The number of hydrogen-bond donors (Lipinski definition) is 0. The molecule has 2 atom stereocenters. The fourth-order valence-corrected chi connectivity index (χ4v) is 1.40. The zero-order chi connectivity index (χ0) is 7.78. The van der Waals surface area contributed by atoms with E-state index < -0.39 is 6.17 Å². The van der Waals surface area contributed by atoms with Gasteiger partial charge in [-0.05, 0) is 47.0 Å². The summed E-state index contributed by atoms with van der Waals surface area (Å²) in [6.07, 6.45) is 2.14. The van der Waals surface area contributed by atoms with Gasteiger partial charge in [0, 0.05) is 3.58 Å². The molecule has 1 rings (SSSR count). The average Bonchev–Trinajstić information content (AvgIpc) is 2.47. The number of allylic oxidation sites excluding steroid dienone is 1. The van der Waals surface area contributed by atoms with Crippen molar-refractivity contribution < 1.29 is 4.39 Å². The lowest BCUT2D eigenvalue weighted by Gasteiger charge is -2.10. The van der Waals surface area contributed by atoms with Crippen LogP contribution in [0.1, 0.15) is 19.3 Å². The molecular weight excluding hydrogens is 261 g/mol. The maximum atomic E-state index is 12.9. The van der Waals surface area contributed by atoms with Gasteiger partial charge in [0.05, 0.1) is 0 Å². The van der Waals surface area contributed by atoms with Gasteiger partial charge >= 0.3 is 0 Å². The van der Waals surface area contributed by atoms with Crippen LogP contribution in [-0.4, -0.2) is 11.3 Å². The van der Waals surface area contributed by atoms with Gasteiger partial charge in [-0.3, -0.25) is 0 Å². The third-order valence-corrected chi connectivity index (χ3v) is 3.31. The smallest absolute Gasteiger partial charge is 0.131 e. The Hall–Kier alpha value is 0.830. The maximum Gasteiger partial charge on any atom is 0.131 e. The SMILES string of the molecule is C=C(I)C(F)CC1(P)CC1. The van der Waals surface area contributed by atoms with Crippen LogP contribution in [0.15, 0.2) is 10.2 Å². The molecule has 0 aromatic heterocycles. The fourth-order valence-electron chi connectivity index (χ4n) is 0.832. The van der Waals surface area contributed by atoms with E-state index in [1.807, 2.05) is 22.6 Å². The van der Waals surface area contributed by atoms with Gasteiger partial charge in [-0.1, -0.05) is 6.58 Å². The van der Waals surface area contributed by atoms with Crippen LogP contribution in [0.3, 0.4) is 0 Å². The molecule has 3 heteroatoms. The zero-order valence-electron chi connectivity index (χ0n) is 5.74. The molecule has 0 radical (unpaired) electrons. The second-order valence-electron chi connectivity index (χ2n) is 2.98. The van der Waals surface area contributed by atoms with E-state index in [0.717, 1.165) is 12.8 Å². The van der Waals surface area contributed by atoms with E-state index in [1.165, 1.54) is 0 Å². The Kier molecular flexibility index (Phi) is 2.73. The molecule has 0 heterocycles. The summed E-state index contributed by atoms with van der Waals surface area (Å²) >= 11 is 1.96. The van der Waals surface area contributed by atoms with Gasteiger partial charge in [0.1, 0.15) is 6.17 Å². The average molecular weight is 272 g/mol. The van der Waals surface area contributed by atoms with Crippen molar-refractivity contribution in [2.24, 2.45) is 0 Å². The van der Waals surface area contributed by atoms with Crippen molar-refractivity contribution in [2.45, 2.75) is 30.6 Å². The number of halogens is 2. The third kappa shape index (κ3) is 2.46. The van der Waals surface area contributed by atoms with E-state index in [0.29, 0.717) is 10.0 Å². The predicted molar refractivity (Wildman–Crippen MR) is 54.3 cm³/mol. The Balaban J connectivity index is 2.31. The van der Waals surface area contributed by atoms with Crippen molar-refractivity contribution in [1.82, 2.24) is 0 Å². The monoisotopic (exact) mass is 272 g/mol. The minimum Gasteiger partial charge on any atom is -0.242 e. The molecule has 0 aliphatic heterocycles. The van der Waals surface area contributed by atoms with Crippen LogP contribution in [0.2, 0.25) is 0 Å². The Morgan fingerprint density at radius 1 is 1.80 bits per heavy atom.